The molecule has 346 valence electrons. The topological polar surface area (TPSA) is 175 Å². The number of hydrogen-bond acceptors (Lipinski definition) is 12. The number of aryl methyl sites for hydroxylation is 1. The van der Waals surface area contributed by atoms with Gasteiger partial charge < -0.3 is 34.0 Å². The van der Waals surface area contributed by atoms with Crippen LogP contribution in [0.5, 0.6) is 11.5 Å². The van der Waals surface area contributed by atoms with E-state index < -0.39 is 28.8 Å². The number of carbonyl (C=O) groups is 1. The molecule has 1 fully saturated rings. The second-order valence-corrected chi connectivity index (χ2v) is 18.3. The number of ether oxygens (including phenoxy) is 4. The van der Waals surface area contributed by atoms with Gasteiger partial charge in [-0.05, 0) is 110 Å². The lowest BCUT2D eigenvalue weighted by Gasteiger charge is -2.60. The second-order valence-electron chi connectivity index (χ2n) is 18.3. The second kappa shape index (κ2) is 22.1. The van der Waals surface area contributed by atoms with E-state index in [1.165, 1.54) is 12.1 Å². The van der Waals surface area contributed by atoms with Crippen LogP contribution in [0.25, 0.3) is 0 Å². The first kappa shape index (κ1) is 48.2. The summed E-state index contributed by atoms with van der Waals surface area (Å²) in [6.07, 6.45) is 8.76. The van der Waals surface area contributed by atoms with Gasteiger partial charge in [-0.25, -0.2) is 4.79 Å². The van der Waals surface area contributed by atoms with Crippen LogP contribution in [0, 0.1) is 40.2 Å². The van der Waals surface area contributed by atoms with Crippen molar-refractivity contribution >= 4 is 17.5 Å². The number of nitro groups is 1. The van der Waals surface area contributed by atoms with E-state index in [0.29, 0.717) is 48.6 Å². The fourth-order valence-corrected chi connectivity index (χ4v) is 9.45. The fourth-order valence-electron chi connectivity index (χ4n) is 9.45. The maximum Gasteiger partial charge on any atom is 0.410 e. The molecule has 14 heteroatoms. The highest BCUT2D eigenvalue weighted by Crippen LogP contribution is 2.62. The van der Waals surface area contributed by atoms with Crippen molar-refractivity contribution in [1.82, 2.24) is 9.88 Å². The predicted molar refractivity (Wildman–Crippen MR) is 244 cm³/mol. The average Bonchev–Trinajstić information content (AvgIpc) is 3.27. The Hall–Kier alpha value is -5.31. The SMILES string of the molecule is C=CCO[C@@]12Oc3ccc(OCc4cccc(C)n4)cc3[C@H]3[C@H](CCCCO)[C@@H](CCCCO)C=C(C(=NOCc4ccc([N+](=O)[O-])cc4)C[C@@H]1N(CCC)C(=O)OCC(C)(C)C)[C@H]32. The number of benzene rings is 2. The van der Waals surface area contributed by atoms with E-state index in [1.54, 1.807) is 23.1 Å². The van der Waals surface area contributed by atoms with Crippen molar-refractivity contribution in [3.63, 3.8) is 0 Å². The van der Waals surface area contributed by atoms with Crippen molar-refractivity contribution in [3.05, 3.63) is 118 Å². The van der Waals surface area contributed by atoms with Gasteiger partial charge in [0.15, 0.2) is 0 Å². The number of pyridine rings is 1. The molecule has 2 heterocycles. The summed E-state index contributed by atoms with van der Waals surface area (Å²) >= 11 is 0. The Morgan fingerprint density at radius 1 is 1.06 bits per heavy atom. The molecule has 64 heavy (non-hydrogen) atoms. The minimum Gasteiger partial charge on any atom is -0.487 e. The molecule has 2 aliphatic carbocycles. The highest BCUT2D eigenvalue weighted by atomic mass is 16.7. The molecule has 0 saturated heterocycles. The summed E-state index contributed by atoms with van der Waals surface area (Å²) in [7, 11) is 0. The van der Waals surface area contributed by atoms with Crippen molar-refractivity contribution in [2.24, 2.45) is 28.3 Å². The number of nitro benzene ring substituents is 1. The first-order valence-corrected chi connectivity index (χ1v) is 22.7. The third-order valence-corrected chi connectivity index (χ3v) is 12.2. The number of hydrogen-bond donors (Lipinski definition) is 2. The smallest absolute Gasteiger partial charge is 0.410 e. The Labute approximate surface area is 377 Å². The molecule has 1 saturated carbocycles. The average molecular weight is 883 g/mol. The van der Waals surface area contributed by atoms with E-state index in [-0.39, 0.29) is 74.9 Å². The highest BCUT2D eigenvalue weighted by Gasteiger charge is 2.65. The Morgan fingerprint density at radius 3 is 2.48 bits per heavy atom. The molecule has 14 nitrogen and oxygen atoms in total. The van der Waals surface area contributed by atoms with Crippen LogP contribution in [-0.2, 0) is 27.5 Å². The van der Waals surface area contributed by atoms with Crippen LogP contribution >= 0.6 is 0 Å². The van der Waals surface area contributed by atoms with Crippen LogP contribution in [-0.4, -0.2) is 81.6 Å². The summed E-state index contributed by atoms with van der Waals surface area (Å²) in [5, 5.41) is 36.2. The Bertz CT molecular complexity index is 2120. The molecule has 3 aliphatic rings. The summed E-state index contributed by atoms with van der Waals surface area (Å²) in [6.45, 7) is 15.2. The van der Waals surface area contributed by atoms with Gasteiger partial charge in [0.05, 0.1) is 35.5 Å². The maximum atomic E-state index is 14.5. The number of rotatable bonds is 22. The lowest BCUT2D eigenvalue weighted by molar-refractivity contribution is -0.384. The summed E-state index contributed by atoms with van der Waals surface area (Å²) in [6, 6.07) is 17.2. The van der Waals surface area contributed by atoms with Crippen LogP contribution in [0.1, 0.15) is 107 Å². The number of non-ortho nitro benzene ring substituents is 1. The number of amides is 1. The van der Waals surface area contributed by atoms with Gasteiger partial charge in [-0.1, -0.05) is 63.9 Å². The van der Waals surface area contributed by atoms with E-state index in [0.717, 1.165) is 48.2 Å². The van der Waals surface area contributed by atoms with Gasteiger partial charge in [0.25, 0.3) is 5.69 Å². The zero-order valence-electron chi connectivity index (χ0n) is 38.1. The molecule has 0 unspecified atom stereocenters. The molecular weight excluding hydrogens is 817 g/mol. The summed E-state index contributed by atoms with van der Waals surface area (Å²) in [5.74, 6) is -0.877. The first-order valence-electron chi connectivity index (χ1n) is 22.7. The van der Waals surface area contributed by atoms with Crippen LogP contribution in [0.4, 0.5) is 10.5 Å². The summed E-state index contributed by atoms with van der Waals surface area (Å²) < 4.78 is 26.9. The Morgan fingerprint density at radius 2 is 1.81 bits per heavy atom. The third-order valence-electron chi connectivity index (χ3n) is 12.2. The minimum atomic E-state index is -1.44. The number of aliphatic hydroxyl groups excluding tert-OH is 2. The number of aromatic nitrogens is 1. The molecule has 1 aromatic heterocycles. The van der Waals surface area contributed by atoms with Crippen molar-refractivity contribution in [3.8, 4) is 11.5 Å². The van der Waals surface area contributed by atoms with E-state index in [9.17, 15) is 25.1 Å². The van der Waals surface area contributed by atoms with Gasteiger partial charge in [0, 0.05) is 55.5 Å². The van der Waals surface area contributed by atoms with Gasteiger partial charge in [-0.15, -0.1) is 6.58 Å². The number of carbonyl (C=O) groups excluding carboxylic acids is 1. The quantitative estimate of drug-likeness (QED) is 0.0425. The molecule has 2 aromatic carbocycles. The third kappa shape index (κ3) is 11.5. The van der Waals surface area contributed by atoms with Gasteiger partial charge in [-0.2, -0.15) is 0 Å². The monoisotopic (exact) mass is 882 g/mol. The molecular formula is C50H66N4O10. The molecule has 0 radical (unpaired) electrons. The summed E-state index contributed by atoms with van der Waals surface area (Å²) in [5.41, 5.74) is 4.56. The van der Waals surface area contributed by atoms with E-state index >= 15 is 0 Å². The molecule has 0 spiro atoms. The summed E-state index contributed by atoms with van der Waals surface area (Å²) in [4.78, 5) is 38.0. The highest BCUT2D eigenvalue weighted by molar-refractivity contribution is 6.03. The molecule has 1 amide bonds. The lowest BCUT2D eigenvalue weighted by Crippen LogP contribution is -2.70. The van der Waals surface area contributed by atoms with Crippen LogP contribution in [0.3, 0.4) is 0 Å². The Kier molecular flexibility index (Phi) is 16.6. The standard InChI is InChI=1S/C50H66N4O10/c1-7-24-53(48(57)61-33-49(4,5)6)45-30-43(52-63-31-35-18-20-38(21-19-35)54(58)59)41-28-36(15-9-11-25-55)40(17-10-12-26-56)46-42-29-39(60-32-37-16-13-14-34(3)51-37)22-23-44(42)64-50(45,47(41)46)62-27-8-2/h8,13-14,16,18-23,28-29,36,40,45-47,55-56H,2,7,9-12,15,17,24-27,30-33H2,1,3-6H3/t36-,40+,45-,46+,47+,50+/m0/s1. The van der Waals surface area contributed by atoms with Crippen molar-refractivity contribution in [1.29, 1.82) is 0 Å². The zero-order valence-corrected chi connectivity index (χ0v) is 38.1. The molecule has 6 atom stereocenters. The number of unbranched alkanes of at least 4 members (excludes halogenated alkanes) is 2. The van der Waals surface area contributed by atoms with Gasteiger partial charge in [0.2, 0.25) is 5.79 Å². The lowest BCUT2D eigenvalue weighted by atomic mass is 9.55. The maximum absolute atomic E-state index is 14.5. The minimum absolute atomic E-state index is 0.0208. The Balaban J connectivity index is 1.54. The molecule has 2 N–H and O–H groups in total. The number of oxime groups is 1. The number of aliphatic hydroxyl groups is 2. The van der Waals surface area contributed by atoms with Gasteiger partial charge in [-0.3, -0.25) is 20.0 Å². The van der Waals surface area contributed by atoms with Crippen molar-refractivity contribution < 1.29 is 43.7 Å². The van der Waals surface area contributed by atoms with Gasteiger partial charge in [0.1, 0.15) is 30.8 Å². The van der Waals surface area contributed by atoms with E-state index in [2.05, 4.69) is 23.7 Å². The number of allylic oxidation sites excluding steroid dienone is 1. The van der Waals surface area contributed by atoms with Crippen LogP contribution in [0.2, 0.25) is 0 Å². The molecule has 6 rings (SSSR count). The predicted octanol–water partition coefficient (Wildman–Crippen LogP) is 9.61. The largest absolute Gasteiger partial charge is 0.487 e. The first-order chi connectivity index (χ1) is 30.8. The normalized spacial score (nSPS) is 23.0. The van der Waals surface area contributed by atoms with Crippen LogP contribution < -0.4 is 9.47 Å². The van der Waals surface area contributed by atoms with E-state index in [1.807, 2.05) is 65.0 Å². The van der Waals surface area contributed by atoms with Gasteiger partial charge >= 0.3 is 6.09 Å². The number of nitrogens with zero attached hydrogens (tertiary/aromatic N) is 4. The van der Waals surface area contributed by atoms with Crippen molar-refractivity contribution in [2.75, 3.05) is 33.0 Å². The number of fused-ring (bicyclic) bond motifs is 2. The van der Waals surface area contributed by atoms with Crippen LogP contribution in [0.15, 0.2) is 90.1 Å². The molecule has 0 bridgehead atoms. The van der Waals surface area contributed by atoms with Crippen molar-refractivity contribution in [2.45, 2.75) is 117 Å². The van der Waals surface area contributed by atoms with E-state index in [4.69, 9.17) is 28.9 Å². The zero-order chi connectivity index (χ0) is 45.9. The molecule has 3 aromatic rings. The fraction of sp³-hybridized carbons (Fsp3) is 0.540. The molecule has 1 aliphatic heterocycles.